The molecule has 1 heterocycles. The smallest absolute Gasteiger partial charge is 0.313 e. The van der Waals surface area contributed by atoms with E-state index < -0.39 is 5.97 Å². The summed E-state index contributed by atoms with van der Waals surface area (Å²) in [5, 5.41) is 18.0. The molecule has 1 aromatic heterocycles. The van der Waals surface area contributed by atoms with Crippen molar-refractivity contribution in [3.8, 4) is 5.69 Å². The van der Waals surface area contributed by atoms with Gasteiger partial charge in [-0.25, -0.2) is 0 Å². The first-order valence-corrected chi connectivity index (χ1v) is 7.97. The number of rotatable bonds is 7. The van der Waals surface area contributed by atoms with Crippen LogP contribution in [0.15, 0.2) is 35.5 Å². The van der Waals surface area contributed by atoms with Gasteiger partial charge in [-0.1, -0.05) is 50.2 Å². The SMILES string of the molecule is CCCC(C)c1nnc(SCC(=O)O)n1-c1ccccc1. The van der Waals surface area contributed by atoms with Gasteiger partial charge in [0.1, 0.15) is 5.82 Å². The first-order valence-electron chi connectivity index (χ1n) is 6.98. The van der Waals surface area contributed by atoms with E-state index in [0.29, 0.717) is 5.16 Å². The predicted molar refractivity (Wildman–Crippen MR) is 83.0 cm³/mol. The first kappa shape index (κ1) is 15.6. The molecule has 2 rings (SSSR count). The van der Waals surface area contributed by atoms with Crippen molar-refractivity contribution in [1.29, 1.82) is 0 Å². The lowest BCUT2D eigenvalue weighted by Gasteiger charge is -2.14. The van der Waals surface area contributed by atoms with Crippen LogP contribution in [0.4, 0.5) is 0 Å². The molecule has 1 atom stereocenters. The van der Waals surface area contributed by atoms with Crippen LogP contribution in [-0.4, -0.2) is 31.6 Å². The second kappa shape index (κ2) is 7.26. The van der Waals surface area contributed by atoms with Crippen LogP contribution < -0.4 is 0 Å². The molecule has 1 unspecified atom stereocenters. The Morgan fingerprint density at radius 1 is 1.33 bits per heavy atom. The van der Waals surface area contributed by atoms with Gasteiger partial charge >= 0.3 is 5.97 Å². The van der Waals surface area contributed by atoms with Crippen molar-refractivity contribution < 1.29 is 9.90 Å². The van der Waals surface area contributed by atoms with Gasteiger partial charge in [0.05, 0.1) is 5.75 Å². The molecular formula is C15H19N3O2S. The minimum Gasteiger partial charge on any atom is -0.481 e. The van der Waals surface area contributed by atoms with Crippen molar-refractivity contribution in [1.82, 2.24) is 14.8 Å². The van der Waals surface area contributed by atoms with Gasteiger partial charge in [0.15, 0.2) is 5.16 Å². The number of nitrogens with zero attached hydrogens (tertiary/aromatic N) is 3. The standard InChI is InChI=1S/C15H19N3O2S/c1-3-7-11(2)14-16-17-15(21-10-13(19)20)18(14)12-8-5-4-6-9-12/h4-6,8-9,11H,3,7,10H2,1-2H3,(H,19,20). The fourth-order valence-corrected chi connectivity index (χ4v) is 2.88. The van der Waals surface area contributed by atoms with Crippen LogP contribution in [0.25, 0.3) is 5.69 Å². The third-order valence-electron chi connectivity index (χ3n) is 3.16. The Hall–Kier alpha value is -1.82. The number of hydrogen-bond donors (Lipinski definition) is 1. The predicted octanol–water partition coefficient (Wildman–Crippen LogP) is 3.35. The minimum atomic E-state index is -0.856. The van der Waals surface area contributed by atoms with E-state index in [0.717, 1.165) is 24.4 Å². The third kappa shape index (κ3) is 3.85. The molecule has 0 bridgehead atoms. The Kier molecular flexibility index (Phi) is 5.38. The molecule has 1 aromatic carbocycles. The second-order valence-electron chi connectivity index (χ2n) is 4.88. The van der Waals surface area contributed by atoms with Crippen molar-refractivity contribution in [3.05, 3.63) is 36.2 Å². The topological polar surface area (TPSA) is 68.0 Å². The summed E-state index contributed by atoms with van der Waals surface area (Å²) in [6, 6.07) is 9.82. The summed E-state index contributed by atoms with van der Waals surface area (Å²) in [5.41, 5.74) is 0.966. The summed E-state index contributed by atoms with van der Waals surface area (Å²) in [5.74, 6) is 0.288. The number of aliphatic carboxylic acids is 1. The van der Waals surface area contributed by atoms with E-state index in [1.165, 1.54) is 11.8 Å². The van der Waals surface area contributed by atoms with Crippen LogP contribution in [0.2, 0.25) is 0 Å². The molecule has 112 valence electrons. The van der Waals surface area contributed by atoms with Gasteiger partial charge in [-0.2, -0.15) is 0 Å². The highest BCUT2D eigenvalue weighted by atomic mass is 32.2. The molecular weight excluding hydrogens is 286 g/mol. The molecule has 0 aliphatic rings. The lowest BCUT2D eigenvalue weighted by Crippen LogP contribution is -2.07. The average molecular weight is 305 g/mol. The van der Waals surface area contributed by atoms with Crippen LogP contribution in [0.3, 0.4) is 0 Å². The van der Waals surface area contributed by atoms with Gasteiger partial charge in [-0.05, 0) is 18.6 Å². The number of carboxylic acid groups (broad SMARTS) is 1. The van der Waals surface area contributed by atoms with E-state index in [1.54, 1.807) is 0 Å². The van der Waals surface area contributed by atoms with E-state index >= 15 is 0 Å². The van der Waals surface area contributed by atoms with E-state index in [9.17, 15) is 4.79 Å². The molecule has 0 aliphatic carbocycles. The molecule has 0 amide bonds. The van der Waals surface area contributed by atoms with Gasteiger partial charge in [0.25, 0.3) is 0 Å². The zero-order chi connectivity index (χ0) is 15.2. The van der Waals surface area contributed by atoms with Gasteiger partial charge in [0, 0.05) is 11.6 Å². The van der Waals surface area contributed by atoms with Crippen molar-refractivity contribution in [2.24, 2.45) is 0 Å². The number of hydrogen-bond acceptors (Lipinski definition) is 4. The van der Waals surface area contributed by atoms with E-state index in [4.69, 9.17) is 5.11 Å². The Morgan fingerprint density at radius 3 is 2.67 bits per heavy atom. The highest BCUT2D eigenvalue weighted by Gasteiger charge is 2.19. The number of thioether (sulfide) groups is 1. The molecule has 5 nitrogen and oxygen atoms in total. The zero-order valence-corrected chi connectivity index (χ0v) is 13.0. The largest absolute Gasteiger partial charge is 0.481 e. The maximum Gasteiger partial charge on any atom is 0.313 e. The molecule has 0 aliphatic heterocycles. The van der Waals surface area contributed by atoms with Crippen molar-refractivity contribution >= 4 is 17.7 Å². The monoisotopic (exact) mass is 305 g/mol. The van der Waals surface area contributed by atoms with Crippen LogP contribution >= 0.6 is 11.8 Å². The molecule has 21 heavy (non-hydrogen) atoms. The maximum atomic E-state index is 10.8. The van der Waals surface area contributed by atoms with Crippen molar-refractivity contribution in [2.75, 3.05) is 5.75 Å². The summed E-state index contributed by atoms with van der Waals surface area (Å²) in [6.45, 7) is 4.26. The zero-order valence-electron chi connectivity index (χ0n) is 12.2. The van der Waals surface area contributed by atoms with E-state index in [1.807, 2.05) is 34.9 Å². The quantitative estimate of drug-likeness (QED) is 0.795. The van der Waals surface area contributed by atoms with Crippen LogP contribution in [0.1, 0.15) is 38.4 Å². The first-order chi connectivity index (χ1) is 10.1. The minimum absolute atomic E-state index is 0.0207. The number of carbonyl (C=O) groups is 1. The Labute approximate surface area is 128 Å². The molecule has 0 saturated carbocycles. The summed E-state index contributed by atoms with van der Waals surface area (Å²) >= 11 is 1.20. The summed E-state index contributed by atoms with van der Waals surface area (Å²) in [7, 11) is 0. The normalized spacial score (nSPS) is 12.3. The highest BCUT2D eigenvalue weighted by Crippen LogP contribution is 2.27. The van der Waals surface area contributed by atoms with E-state index in [2.05, 4.69) is 24.0 Å². The van der Waals surface area contributed by atoms with Gasteiger partial charge in [-0.15, -0.1) is 10.2 Å². The fourth-order valence-electron chi connectivity index (χ4n) is 2.20. The molecule has 0 fully saturated rings. The molecule has 0 saturated heterocycles. The fraction of sp³-hybridized carbons (Fsp3) is 0.400. The molecule has 1 N–H and O–H groups in total. The maximum absolute atomic E-state index is 10.8. The van der Waals surface area contributed by atoms with Crippen LogP contribution in [0.5, 0.6) is 0 Å². The Balaban J connectivity index is 2.40. The number of para-hydroxylation sites is 1. The lowest BCUT2D eigenvalue weighted by molar-refractivity contribution is -0.133. The Morgan fingerprint density at radius 2 is 2.05 bits per heavy atom. The summed E-state index contributed by atoms with van der Waals surface area (Å²) < 4.78 is 1.97. The summed E-state index contributed by atoms with van der Waals surface area (Å²) in [6.07, 6.45) is 2.09. The molecule has 0 spiro atoms. The van der Waals surface area contributed by atoms with Gasteiger partial charge in [0.2, 0.25) is 0 Å². The number of carboxylic acids is 1. The average Bonchev–Trinajstić information content (AvgIpc) is 2.90. The van der Waals surface area contributed by atoms with Gasteiger partial charge in [-0.3, -0.25) is 9.36 Å². The van der Waals surface area contributed by atoms with Crippen molar-refractivity contribution in [3.63, 3.8) is 0 Å². The molecule has 2 aromatic rings. The number of aromatic nitrogens is 3. The summed E-state index contributed by atoms with van der Waals surface area (Å²) in [4.78, 5) is 10.8. The molecule has 0 radical (unpaired) electrons. The second-order valence-corrected chi connectivity index (χ2v) is 5.83. The highest BCUT2D eigenvalue weighted by molar-refractivity contribution is 7.99. The van der Waals surface area contributed by atoms with Crippen molar-refractivity contribution in [2.45, 2.75) is 37.8 Å². The van der Waals surface area contributed by atoms with Crippen LogP contribution in [-0.2, 0) is 4.79 Å². The lowest BCUT2D eigenvalue weighted by atomic mass is 10.1. The Bertz CT molecular complexity index is 598. The van der Waals surface area contributed by atoms with Crippen LogP contribution in [0, 0.1) is 0 Å². The molecule has 6 heteroatoms. The third-order valence-corrected chi connectivity index (χ3v) is 4.07. The van der Waals surface area contributed by atoms with E-state index in [-0.39, 0.29) is 11.7 Å². The number of benzene rings is 1. The van der Waals surface area contributed by atoms with Gasteiger partial charge < -0.3 is 5.11 Å².